The molecule has 0 saturated heterocycles. The van der Waals surface area contributed by atoms with Crippen LogP contribution in [-0.2, 0) is 9.59 Å². The molecule has 3 N–H and O–H groups in total. The van der Waals surface area contributed by atoms with Crippen LogP contribution in [0, 0.1) is 5.82 Å². The van der Waals surface area contributed by atoms with E-state index in [0.29, 0.717) is 0 Å². The number of rotatable bonds is 5. The number of carbonyl (C=O) groups excluding carboxylic acids is 2. The summed E-state index contributed by atoms with van der Waals surface area (Å²) >= 11 is 0. The van der Waals surface area contributed by atoms with Gasteiger partial charge in [-0.15, -0.1) is 0 Å². The van der Waals surface area contributed by atoms with Gasteiger partial charge in [-0.1, -0.05) is 19.1 Å². The van der Waals surface area contributed by atoms with Gasteiger partial charge in [-0.2, -0.15) is 0 Å². The van der Waals surface area contributed by atoms with Crippen LogP contribution in [0.1, 0.15) is 31.7 Å². The van der Waals surface area contributed by atoms with Crippen LogP contribution < -0.4 is 11.1 Å². The Kier molecular flexibility index (Phi) is 4.83. The van der Waals surface area contributed by atoms with Gasteiger partial charge in [-0.05, 0) is 30.5 Å². The van der Waals surface area contributed by atoms with Crippen molar-refractivity contribution >= 4 is 11.8 Å². The first-order valence-electron chi connectivity index (χ1n) is 5.74. The van der Waals surface area contributed by atoms with Crippen molar-refractivity contribution in [1.29, 1.82) is 0 Å². The van der Waals surface area contributed by atoms with Gasteiger partial charge in [0.25, 0.3) is 0 Å². The van der Waals surface area contributed by atoms with Gasteiger partial charge >= 0.3 is 0 Å². The zero-order valence-electron chi connectivity index (χ0n) is 10.4. The third kappa shape index (κ3) is 4.16. The highest BCUT2D eigenvalue weighted by Crippen LogP contribution is 2.19. The van der Waals surface area contributed by atoms with Crippen molar-refractivity contribution < 1.29 is 14.0 Å². The van der Waals surface area contributed by atoms with Gasteiger partial charge in [0.05, 0.1) is 0 Å². The third-order valence-electron chi connectivity index (χ3n) is 2.73. The summed E-state index contributed by atoms with van der Waals surface area (Å²) in [4.78, 5) is 22.4. The Morgan fingerprint density at radius 1 is 1.28 bits per heavy atom. The topological polar surface area (TPSA) is 72.2 Å². The Hall–Kier alpha value is -1.91. The largest absolute Gasteiger partial charge is 0.368 e. The van der Waals surface area contributed by atoms with Crippen molar-refractivity contribution in [2.75, 3.05) is 0 Å². The van der Waals surface area contributed by atoms with Gasteiger partial charge in [0, 0.05) is 6.42 Å². The highest BCUT2D eigenvalue weighted by atomic mass is 19.1. The van der Waals surface area contributed by atoms with Crippen LogP contribution in [0.2, 0.25) is 0 Å². The van der Waals surface area contributed by atoms with E-state index in [1.165, 1.54) is 19.1 Å². The summed E-state index contributed by atoms with van der Waals surface area (Å²) in [5, 5.41) is 2.50. The average molecular weight is 252 g/mol. The zero-order chi connectivity index (χ0) is 13.7. The first-order chi connectivity index (χ1) is 8.40. The van der Waals surface area contributed by atoms with Crippen LogP contribution in [-0.4, -0.2) is 17.9 Å². The molecule has 1 aromatic carbocycles. The minimum absolute atomic E-state index is 0.0503. The summed E-state index contributed by atoms with van der Waals surface area (Å²) in [6, 6.07) is 5.32. The smallest absolute Gasteiger partial charge is 0.239 e. The molecule has 0 unspecified atom stereocenters. The Morgan fingerprint density at radius 3 is 2.33 bits per heavy atom. The lowest BCUT2D eigenvalue weighted by Gasteiger charge is -2.14. The second-order valence-corrected chi connectivity index (χ2v) is 4.35. The fraction of sp³-hybridized carbons (Fsp3) is 0.385. The van der Waals surface area contributed by atoms with Crippen LogP contribution in [0.15, 0.2) is 24.3 Å². The molecule has 98 valence electrons. The molecular weight excluding hydrogens is 235 g/mol. The molecule has 1 rings (SSSR count). The molecule has 0 spiro atoms. The van der Waals surface area contributed by atoms with E-state index >= 15 is 0 Å². The van der Waals surface area contributed by atoms with Gasteiger partial charge in [-0.3, -0.25) is 9.59 Å². The molecular formula is C13H17FN2O2. The average Bonchev–Trinajstić information content (AvgIpc) is 2.29. The number of carbonyl (C=O) groups is 2. The first-order valence-corrected chi connectivity index (χ1v) is 5.74. The molecule has 0 radical (unpaired) electrons. The van der Waals surface area contributed by atoms with Crippen LogP contribution >= 0.6 is 0 Å². The van der Waals surface area contributed by atoms with Crippen molar-refractivity contribution in [3.8, 4) is 0 Å². The Morgan fingerprint density at radius 2 is 1.83 bits per heavy atom. The van der Waals surface area contributed by atoms with E-state index in [9.17, 15) is 14.0 Å². The Bertz CT molecular complexity index is 431. The molecule has 0 fully saturated rings. The summed E-state index contributed by atoms with van der Waals surface area (Å²) in [5.41, 5.74) is 5.92. The summed E-state index contributed by atoms with van der Waals surface area (Å²) in [6.45, 7) is 3.39. The molecule has 2 amide bonds. The van der Waals surface area contributed by atoms with Gasteiger partial charge in [0.15, 0.2) is 0 Å². The summed E-state index contributed by atoms with van der Waals surface area (Å²) in [6.07, 6.45) is 0.225. The maximum Gasteiger partial charge on any atom is 0.239 e. The van der Waals surface area contributed by atoms with Crippen molar-refractivity contribution in [2.45, 2.75) is 32.2 Å². The van der Waals surface area contributed by atoms with Crippen LogP contribution in [0.4, 0.5) is 4.39 Å². The number of benzene rings is 1. The van der Waals surface area contributed by atoms with E-state index < -0.39 is 11.9 Å². The lowest BCUT2D eigenvalue weighted by molar-refractivity contribution is -0.127. The molecule has 18 heavy (non-hydrogen) atoms. The van der Waals surface area contributed by atoms with Gasteiger partial charge in [0.1, 0.15) is 11.9 Å². The van der Waals surface area contributed by atoms with E-state index in [2.05, 4.69) is 5.32 Å². The fourth-order valence-electron chi connectivity index (χ4n) is 1.56. The number of nitrogens with one attached hydrogen (secondary N) is 1. The molecule has 0 aliphatic rings. The number of primary amides is 1. The van der Waals surface area contributed by atoms with Crippen LogP contribution in [0.25, 0.3) is 0 Å². The third-order valence-corrected chi connectivity index (χ3v) is 2.73. The van der Waals surface area contributed by atoms with E-state index in [1.807, 2.05) is 6.92 Å². The van der Waals surface area contributed by atoms with E-state index in [-0.39, 0.29) is 24.1 Å². The SMILES string of the molecule is C[C@@H](NC(=O)C[C@H](C)c1ccc(F)cc1)C(N)=O. The van der Waals surface area contributed by atoms with E-state index in [0.717, 1.165) is 5.56 Å². The number of hydrogen-bond acceptors (Lipinski definition) is 2. The molecule has 5 heteroatoms. The molecule has 0 aromatic heterocycles. The molecule has 0 heterocycles. The number of nitrogens with two attached hydrogens (primary N) is 1. The highest BCUT2D eigenvalue weighted by Gasteiger charge is 2.15. The predicted octanol–water partition coefficient (Wildman–Crippen LogP) is 1.31. The minimum atomic E-state index is -0.682. The zero-order valence-corrected chi connectivity index (χ0v) is 10.4. The summed E-state index contributed by atoms with van der Waals surface area (Å²) in [7, 11) is 0. The lowest BCUT2D eigenvalue weighted by Crippen LogP contribution is -2.42. The molecule has 0 aliphatic carbocycles. The normalized spacial score (nSPS) is 13.7. The first kappa shape index (κ1) is 14.2. The van der Waals surface area contributed by atoms with Crippen molar-refractivity contribution in [1.82, 2.24) is 5.32 Å². The Labute approximate surface area is 105 Å². The summed E-state index contributed by atoms with van der Waals surface area (Å²) in [5.74, 6) is -1.18. The fourth-order valence-corrected chi connectivity index (χ4v) is 1.56. The second kappa shape index (κ2) is 6.14. The Balaban J connectivity index is 2.54. The number of amides is 2. The van der Waals surface area contributed by atoms with Crippen molar-refractivity contribution in [3.63, 3.8) is 0 Å². The molecule has 1 aromatic rings. The minimum Gasteiger partial charge on any atom is -0.368 e. The van der Waals surface area contributed by atoms with Crippen molar-refractivity contribution in [2.24, 2.45) is 5.73 Å². The van der Waals surface area contributed by atoms with Gasteiger partial charge in [0.2, 0.25) is 11.8 Å². The van der Waals surface area contributed by atoms with Gasteiger partial charge in [-0.25, -0.2) is 4.39 Å². The standard InChI is InChI=1S/C13H17FN2O2/c1-8(10-3-5-11(14)6-4-10)7-12(17)16-9(2)13(15)18/h3-6,8-9H,7H2,1-2H3,(H2,15,18)(H,16,17)/t8-,9+/m0/s1. The molecule has 0 bridgehead atoms. The predicted molar refractivity (Wildman–Crippen MR) is 66.2 cm³/mol. The monoisotopic (exact) mass is 252 g/mol. The lowest BCUT2D eigenvalue weighted by atomic mass is 9.97. The maximum absolute atomic E-state index is 12.7. The second-order valence-electron chi connectivity index (χ2n) is 4.35. The number of halogens is 1. The molecule has 0 saturated carbocycles. The highest BCUT2D eigenvalue weighted by molar-refractivity contribution is 5.86. The van der Waals surface area contributed by atoms with Crippen LogP contribution in [0.5, 0.6) is 0 Å². The quantitative estimate of drug-likeness (QED) is 0.829. The van der Waals surface area contributed by atoms with Gasteiger partial charge < -0.3 is 11.1 Å². The van der Waals surface area contributed by atoms with Crippen LogP contribution in [0.3, 0.4) is 0 Å². The van der Waals surface area contributed by atoms with E-state index in [4.69, 9.17) is 5.73 Å². The van der Waals surface area contributed by atoms with Crippen molar-refractivity contribution in [3.05, 3.63) is 35.6 Å². The summed E-state index contributed by atoms with van der Waals surface area (Å²) < 4.78 is 12.7. The molecule has 4 nitrogen and oxygen atoms in total. The van der Waals surface area contributed by atoms with E-state index in [1.54, 1.807) is 12.1 Å². The molecule has 0 aliphatic heterocycles. The number of hydrogen-bond donors (Lipinski definition) is 2. The maximum atomic E-state index is 12.7. The molecule has 2 atom stereocenters.